The number of benzene rings is 2. The maximum atomic E-state index is 13.7. The number of rotatable bonds is 3. The third-order valence-corrected chi connectivity index (χ3v) is 5.22. The minimum absolute atomic E-state index is 0.0439. The van der Waals surface area contributed by atoms with E-state index in [1.807, 2.05) is 24.3 Å². The third-order valence-electron chi connectivity index (χ3n) is 4.73. The summed E-state index contributed by atoms with van der Waals surface area (Å²) in [5, 5.41) is 0.978. The van der Waals surface area contributed by atoms with Crippen molar-refractivity contribution in [3.05, 3.63) is 64.3 Å². The zero-order valence-corrected chi connectivity index (χ0v) is 15.9. The summed E-state index contributed by atoms with van der Waals surface area (Å²) >= 11 is 3.42. The lowest BCUT2D eigenvalue weighted by atomic mass is 10.1. The molecule has 2 aromatic carbocycles. The first-order valence-corrected chi connectivity index (χ1v) is 9.48. The normalized spacial score (nSPS) is 15.3. The number of H-pyrrole nitrogens is 1. The molecule has 27 heavy (non-hydrogen) atoms. The summed E-state index contributed by atoms with van der Waals surface area (Å²) in [6.07, 6.45) is 0.982. The van der Waals surface area contributed by atoms with Crippen LogP contribution in [0.2, 0.25) is 0 Å². The lowest BCUT2D eigenvalue weighted by molar-refractivity contribution is 0.0583. The van der Waals surface area contributed by atoms with Gasteiger partial charge in [-0.15, -0.1) is 0 Å². The zero-order valence-electron chi connectivity index (χ0n) is 14.3. The molecule has 0 aliphatic carbocycles. The molecule has 1 amide bonds. The average molecular weight is 435 g/mol. The fourth-order valence-electron chi connectivity index (χ4n) is 3.31. The lowest BCUT2D eigenvalue weighted by Gasteiger charge is -2.32. The van der Waals surface area contributed by atoms with E-state index in [-0.39, 0.29) is 17.8 Å². The Kier molecular flexibility index (Phi) is 4.86. The van der Waals surface area contributed by atoms with Crippen molar-refractivity contribution in [3.8, 4) is 5.75 Å². The van der Waals surface area contributed by atoms with Crippen molar-refractivity contribution in [3.63, 3.8) is 0 Å². The number of aromatic amines is 1. The van der Waals surface area contributed by atoms with Crippen LogP contribution in [0.25, 0.3) is 10.9 Å². The van der Waals surface area contributed by atoms with Gasteiger partial charge in [0.25, 0.3) is 5.91 Å². The zero-order chi connectivity index (χ0) is 19.0. The summed E-state index contributed by atoms with van der Waals surface area (Å²) < 4.78 is 33.3. The van der Waals surface area contributed by atoms with Crippen molar-refractivity contribution in [2.45, 2.75) is 18.9 Å². The highest BCUT2D eigenvalue weighted by atomic mass is 79.9. The van der Waals surface area contributed by atoms with E-state index in [0.29, 0.717) is 31.6 Å². The number of amides is 1. The Morgan fingerprint density at radius 2 is 1.89 bits per heavy atom. The summed E-state index contributed by atoms with van der Waals surface area (Å²) in [5.41, 5.74) is 1.45. The predicted molar refractivity (Wildman–Crippen MR) is 102 cm³/mol. The molecule has 140 valence electrons. The summed E-state index contributed by atoms with van der Waals surface area (Å²) in [7, 11) is 0. The fourth-order valence-corrected chi connectivity index (χ4v) is 3.67. The van der Waals surface area contributed by atoms with E-state index >= 15 is 0 Å². The Morgan fingerprint density at radius 3 is 2.63 bits per heavy atom. The summed E-state index contributed by atoms with van der Waals surface area (Å²) in [4.78, 5) is 17.7. The molecular formula is C20H17BrF2N2O2. The van der Waals surface area contributed by atoms with Crippen molar-refractivity contribution in [1.82, 2.24) is 9.88 Å². The smallest absolute Gasteiger partial charge is 0.270 e. The third kappa shape index (κ3) is 3.83. The van der Waals surface area contributed by atoms with Crippen LogP contribution in [0.1, 0.15) is 23.3 Å². The first-order valence-electron chi connectivity index (χ1n) is 8.69. The SMILES string of the molecule is O=C(c1cc2ccc(Br)cc2[nH]1)N1CCC(Oc2ccc(F)cc2F)CC1. The molecule has 0 atom stereocenters. The van der Waals surface area contributed by atoms with Crippen LogP contribution in [0.3, 0.4) is 0 Å². The van der Waals surface area contributed by atoms with Gasteiger partial charge in [0.1, 0.15) is 17.6 Å². The largest absolute Gasteiger partial charge is 0.487 e. The van der Waals surface area contributed by atoms with E-state index in [1.54, 1.807) is 4.90 Å². The van der Waals surface area contributed by atoms with Gasteiger partial charge in [-0.3, -0.25) is 4.79 Å². The van der Waals surface area contributed by atoms with Crippen molar-refractivity contribution in [1.29, 1.82) is 0 Å². The van der Waals surface area contributed by atoms with Crippen LogP contribution in [0, 0.1) is 11.6 Å². The molecule has 0 spiro atoms. The van der Waals surface area contributed by atoms with Gasteiger partial charge >= 0.3 is 0 Å². The van der Waals surface area contributed by atoms with Crippen LogP contribution in [-0.4, -0.2) is 35.0 Å². The summed E-state index contributed by atoms with van der Waals surface area (Å²) in [6, 6.07) is 10.9. The minimum Gasteiger partial charge on any atom is -0.487 e. The van der Waals surface area contributed by atoms with E-state index in [1.165, 1.54) is 12.1 Å². The highest BCUT2D eigenvalue weighted by molar-refractivity contribution is 9.10. The molecule has 1 aromatic heterocycles. The van der Waals surface area contributed by atoms with Gasteiger partial charge in [0.15, 0.2) is 11.6 Å². The van der Waals surface area contributed by atoms with Crippen LogP contribution in [-0.2, 0) is 0 Å². The van der Waals surface area contributed by atoms with Gasteiger partial charge in [-0.2, -0.15) is 0 Å². The molecule has 0 unspecified atom stereocenters. The second-order valence-corrected chi connectivity index (χ2v) is 7.51. The maximum Gasteiger partial charge on any atom is 0.270 e. The highest BCUT2D eigenvalue weighted by Crippen LogP contribution is 2.25. The van der Waals surface area contributed by atoms with E-state index in [0.717, 1.165) is 21.4 Å². The van der Waals surface area contributed by atoms with Gasteiger partial charge in [-0.05, 0) is 30.3 Å². The quantitative estimate of drug-likeness (QED) is 0.637. The molecule has 0 radical (unpaired) electrons. The number of fused-ring (bicyclic) bond motifs is 1. The Balaban J connectivity index is 1.40. The van der Waals surface area contributed by atoms with Gasteiger partial charge in [0.05, 0.1) is 0 Å². The number of hydrogen-bond acceptors (Lipinski definition) is 2. The molecule has 1 saturated heterocycles. The number of hydrogen-bond donors (Lipinski definition) is 1. The first-order chi connectivity index (χ1) is 13.0. The molecule has 3 aromatic rings. The molecule has 1 fully saturated rings. The lowest BCUT2D eigenvalue weighted by Crippen LogP contribution is -2.42. The van der Waals surface area contributed by atoms with Crippen LogP contribution >= 0.6 is 15.9 Å². The number of halogens is 3. The molecule has 2 heterocycles. The van der Waals surface area contributed by atoms with E-state index in [4.69, 9.17) is 4.74 Å². The maximum absolute atomic E-state index is 13.7. The van der Waals surface area contributed by atoms with Crippen molar-refractivity contribution in [2.75, 3.05) is 13.1 Å². The number of nitrogens with zero attached hydrogens (tertiary/aromatic N) is 1. The molecule has 0 bridgehead atoms. The molecule has 0 saturated carbocycles. The second kappa shape index (κ2) is 7.31. The summed E-state index contributed by atoms with van der Waals surface area (Å²) in [5.74, 6) is -1.36. The van der Waals surface area contributed by atoms with Crippen LogP contribution in [0.4, 0.5) is 8.78 Å². The molecule has 7 heteroatoms. The minimum atomic E-state index is -0.710. The van der Waals surface area contributed by atoms with Crippen LogP contribution < -0.4 is 4.74 Å². The van der Waals surface area contributed by atoms with Gasteiger partial charge in [0.2, 0.25) is 0 Å². The topological polar surface area (TPSA) is 45.3 Å². The van der Waals surface area contributed by atoms with E-state index < -0.39 is 11.6 Å². The first kappa shape index (κ1) is 18.0. The monoisotopic (exact) mass is 434 g/mol. The summed E-state index contributed by atoms with van der Waals surface area (Å²) in [6.45, 7) is 1.04. The van der Waals surface area contributed by atoms with Crippen molar-refractivity contribution >= 4 is 32.7 Å². The molecular weight excluding hydrogens is 418 g/mol. The van der Waals surface area contributed by atoms with Crippen LogP contribution in [0.5, 0.6) is 5.75 Å². The molecule has 4 rings (SSSR count). The number of ether oxygens (including phenoxy) is 1. The van der Waals surface area contributed by atoms with Crippen molar-refractivity contribution in [2.24, 2.45) is 0 Å². The van der Waals surface area contributed by atoms with Crippen molar-refractivity contribution < 1.29 is 18.3 Å². The van der Waals surface area contributed by atoms with Gasteiger partial charge in [-0.25, -0.2) is 8.78 Å². The molecule has 1 aliphatic heterocycles. The molecule has 4 nitrogen and oxygen atoms in total. The van der Waals surface area contributed by atoms with Gasteiger partial charge in [0, 0.05) is 47.4 Å². The van der Waals surface area contributed by atoms with Gasteiger partial charge < -0.3 is 14.6 Å². The standard InChI is InChI=1S/C20H17BrF2N2O2/c21-13-2-1-12-9-18(24-17(12)10-13)20(26)25-7-5-15(6-8-25)27-19-4-3-14(22)11-16(19)23/h1-4,9-11,15,24H,5-8H2. The highest BCUT2D eigenvalue weighted by Gasteiger charge is 2.26. The number of piperidine rings is 1. The second-order valence-electron chi connectivity index (χ2n) is 6.60. The van der Waals surface area contributed by atoms with E-state index in [9.17, 15) is 13.6 Å². The van der Waals surface area contributed by atoms with E-state index in [2.05, 4.69) is 20.9 Å². The molecule has 1 aliphatic rings. The predicted octanol–water partition coefficient (Wildman–Crippen LogP) is 4.89. The van der Waals surface area contributed by atoms with Crippen LogP contribution in [0.15, 0.2) is 46.9 Å². The molecule has 1 N–H and O–H groups in total. The Hall–Kier alpha value is -2.41. The fraction of sp³-hybridized carbons (Fsp3) is 0.250. The number of nitrogens with one attached hydrogen (secondary N) is 1. The number of carbonyl (C=O) groups is 1. The Morgan fingerprint density at radius 1 is 1.11 bits per heavy atom. The van der Waals surface area contributed by atoms with Gasteiger partial charge in [-0.1, -0.05) is 22.0 Å². The number of likely N-dealkylation sites (tertiary alicyclic amines) is 1. The number of aromatic nitrogens is 1. The Bertz CT molecular complexity index is 997. The Labute approximate surface area is 163 Å². The number of carbonyl (C=O) groups excluding carboxylic acids is 1. The average Bonchev–Trinajstić information content (AvgIpc) is 3.07.